The molecule has 1 atom stereocenters. The number of sulfonamides is 1. The molecule has 0 aromatic heterocycles. The number of nitrogens with one attached hydrogen (secondary N) is 1. The van der Waals surface area contributed by atoms with E-state index in [0.29, 0.717) is 15.9 Å². The quantitative estimate of drug-likeness (QED) is 0.174. The van der Waals surface area contributed by atoms with Crippen LogP contribution in [0.1, 0.15) is 36.1 Å². The number of alkyl halides is 3. The highest BCUT2D eigenvalue weighted by atomic mass is 35.5. The minimum Gasteiger partial charge on any atom is -0.352 e. The number of hydrogen-bond acceptors (Lipinski definition) is 4. The molecular weight excluding hydrogens is 651 g/mol. The van der Waals surface area contributed by atoms with Crippen molar-refractivity contribution in [1.82, 2.24) is 10.2 Å². The number of halogens is 4. The first kappa shape index (κ1) is 35.5. The van der Waals surface area contributed by atoms with E-state index in [-0.39, 0.29) is 23.9 Å². The fraction of sp³-hybridized carbons (Fsp3) is 0.257. The molecule has 0 aliphatic rings. The summed E-state index contributed by atoms with van der Waals surface area (Å²) in [6.07, 6.45) is -4.80. The molecule has 0 fully saturated rings. The van der Waals surface area contributed by atoms with Crippen LogP contribution in [0, 0.1) is 6.92 Å². The molecule has 0 unspecified atom stereocenters. The first-order valence-corrected chi connectivity index (χ1v) is 16.6. The molecule has 0 bridgehead atoms. The van der Waals surface area contributed by atoms with Gasteiger partial charge in [0, 0.05) is 19.0 Å². The van der Waals surface area contributed by atoms with Gasteiger partial charge in [-0.3, -0.25) is 13.9 Å². The number of nitrogens with zero attached hydrogens (tertiary/aromatic N) is 2. The first-order chi connectivity index (χ1) is 22.2. The van der Waals surface area contributed by atoms with Crippen LogP contribution in [0.2, 0.25) is 5.02 Å². The summed E-state index contributed by atoms with van der Waals surface area (Å²) in [6.45, 7) is 4.45. The Labute approximate surface area is 278 Å². The zero-order valence-corrected chi connectivity index (χ0v) is 27.6. The Hall–Kier alpha value is -4.35. The van der Waals surface area contributed by atoms with Crippen molar-refractivity contribution in [1.29, 1.82) is 0 Å². The normalized spacial score (nSPS) is 12.4. The molecule has 0 heterocycles. The zero-order chi connectivity index (χ0) is 34.4. The van der Waals surface area contributed by atoms with Gasteiger partial charge >= 0.3 is 6.18 Å². The summed E-state index contributed by atoms with van der Waals surface area (Å²) in [7, 11) is -4.59. The van der Waals surface area contributed by atoms with E-state index in [4.69, 9.17) is 11.6 Å². The van der Waals surface area contributed by atoms with Gasteiger partial charge in [-0.25, -0.2) is 8.42 Å². The summed E-state index contributed by atoms with van der Waals surface area (Å²) in [6, 6.07) is 24.7. The Morgan fingerprint density at radius 1 is 0.851 bits per heavy atom. The van der Waals surface area contributed by atoms with Crippen molar-refractivity contribution in [3.8, 4) is 0 Å². The molecule has 7 nitrogen and oxygen atoms in total. The van der Waals surface area contributed by atoms with E-state index in [1.54, 1.807) is 44.2 Å². The Bertz CT molecular complexity index is 1800. The number of aryl methyl sites for hydroxylation is 1. The minimum absolute atomic E-state index is 0.0722. The largest absolute Gasteiger partial charge is 0.417 e. The fourth-order valence-corrected chi connectivity index (χ4v) is 6.73. The SMILES string of the molecule is Cc1cccc(CN(C(=O)CN(c2ccc(Cl)c(C(F)(F)F)c2)S(=O)(=O)c2ccccc2)[C@@H](Cc2ccccc2)C(=O)NC(C)C)c1. The number of anilines is 1. The Morgan fingerprint density at radius 3 is 2.06 bits per heavy atom. The highest BCUT2D eigenvalue weighted by molar-refractivity contribution is 7.92. The maximum Gasteiger partial charge on any atom is 0.417 e. The van der Waals surface area contributed by atoms with Crippen LogP contribution in [0.5, 0.6) is 0 Å². The maximum atomic E-state index is 14.5. The second kappa shape index (κ2) is 15.0. The van der Waals surface area contributed by atoms with Crippen LogP contribution in [0.15, 0.2) is 108 Å². The monoisotopic (exact) mass is 685 g/mol. The predicted molar refractivity (Wildman–Crippen MR) is 176 cm³/mol. The van der Waals surface area contributed by atoms with Gasteiger partial charge in [-0.15, -0.1) is 0 Å². The standard InChI is InChI=1S/C35H35ClF3N3O4S/c1-24(2)40-34(44)32(20-26-12-6-4-7-13-26)41(22-27-14-10-11-25(3)19-27)33(43)23-42(47(45,46)29-15-8-5-9-16-29)28-17-18-31(36)30(21-28)35(37,38)39/h4-19,21,24,32H,20,22-23H2,1-3H3,(H,40,44)/t32-/m0/s1. The second-order valence-electron chi connectivity index (χ2n) is 11.4. The molecule has 0 spiro atoms. The Balaban J connectivity index is 1.86. The van der Waals surface area contributed by atoms with Crippen molar-refractivity contribution in [2.24, 2.45) is 0 Å². The van der Waals surface area contributed by atoms with Gasteiger partial charge in [-0.05, 0) is 62.2 Å². The van der Waals surface area contributed by atoms with E-state index in [2.05, 4.69) is 5.32 Å². The van der Waals surface area contributed by atoms with Crippen molar-refractivity contribution in [3.63, 3.8) is 0 Å². The molecule has 2 amide bonds. The van der Waals surface area contributed by atoms with Gasteiger partial charge in [0.25, 0.3) is 10.0 Å². The summed E-state index contributed by atoms with van der Waals surface area (Å²) in [5.41, 5.74) is 0.653. The topological polar surface area (TPSA) is 86.8 Å². The molecule has 4 aromatic carbocycles. The molecule has 1 N–H and O–H groups in total. The molecule has 0 saturated carbocycles. The average Bonchev–Trinajstić information content (AvgIpc) is 3.02. The Kier molecular flexibility index (Phi) is 11.4. The van der Waals surface area contributed by atoms with Gasteiger partial charge in [0.2, 0.25) is 11.8 Å². The number of amides is 2. The molecule has 0 aliphatic carbocycles. The van der Waals surface area contributed by atoms with Crippen LogP contribution < -0.4 is 9.62 Å². The van der Waals surface area contributed by atoms with Gasteiger partial charge in [-0.2, -0.15) is 13.2 Å². The van der Waals surface area contributed by atoms with Crippen molar-refractivity contribution < 1.29 is 31.2 Å². The van der Waals surface area contributed by atoms with E-state index in [0.717, 1.165) is 23.3 Å². The predicted octanol–water partition coefficient (Wildman–Crippen LogP) is 7.03. The number of hydrogen-bond donors (Lipinski definition) is 1. The Morgan fingerprint density at radius 2 is 1.47 bits per heavy atom. The van der Waals surface area contributed by atoms with Gasteiger partial charge < -0.3 is 10.2 Å². The lowest BCUT2D eigenvalue weighted by Crippen LogP contribution is -2.54. The third-order valence-electron chi connectivity index (χ3n) is 7.29. The molecule has 248 valence electrons. The number of rotatable bonds is 12. The zero-order valence-electron chi connectivity index (χ0n) is 26.0. The van der Waals surface area contributed by atoms with Crippen LogP contribution >= 0.6 is 11.6 Å². The van der Waals surface area contributed by atoms with Gasteiger partial charge in [-0.1, -0.05) is 90.0 Å². The van der Waals surface area contributed by atoms with Crippen molar-refractivity contribution in [2.45, 2.75) is 56.9 Å². The number of carbonyl (C=O) groups excluding carboxylic acids is 2. The van der Waals surface area contributed by atoms with E-state index >= 15 is 0 Å². The van der Waals surface area contributed by atoms with E-state index in [1.165, 1.54) is 29.2 Å². The van der Waals surface area contributed by atoms with E-state index in [1.807, 2.05) is 37.3 Å². The molecule has 0 radical (unpaired) electrons. The van der Waals surface area contributed by atoms with Gasteiger partial charge in [0.05, 0.1) is 21.2 Å². The lowest BCUT2D eigenvalue weighted by molar-refractivity contribution is -0.140. The van der Waals surface area contributed by atoms with Crippen molar-refractivity contribution >= 4 is 39.1 Å². The first-order valence-electron chi connectivity index (χ1n) is 14.8. The van der Waals surface area contributed by atoms with Crippen LogP contribution in [-0.4, -0.2) is 43.8 Å². The molecule has 0 saturated heterocycles. The lowest BCUT2D eigenvalue weighted by Gasteiger charge is -2.34. The maximum absolute atomic E-state index is 14.5. The summed E-state index contributed by atoms with van der Waals surface area (Å²) >= 11 is 5.86. The average molecular weight is 686 g/mol. The fourth-order valence-electron chi connectivity index (χ4n) is 5.08. The van der Waals surface area contributed by atoms with Gasteiger partial charge in [0.1, 0.15) is 12.6 Å². The molecule has 12 heteroatoms. The number of benzene rings is 4. The number of carbonyl (C=O) groups is 2. The summed E-state index contributed by atoms with van der Waals surface area (Å²) < 4.78 is 70.4. The lowest BCUT2D eigenvalue weighted by atomic mass is 10.0. The molecule has 4 aromatic rings. The minimum atomic E-state index is -4.90. The third-order valence-corrected chi connectivity index (χ3v) is 9.41. The van der Waals surface area contributed by atoms with Crippen molar-refractivity contribution in [3.05, 3.63) is 130 Å². The van der Waals surface area contributed by atoms with Crippen molar-refractivity contribution in [2.75, 3.05) is 10.8 Å². The van der Waals surface area contributed by atoms with Crippen LogP contribution in [0.3, 0.4) is 0 Å². The highest BCUT2D eigenvalue weighted by Crippen LogP contribution is 2.38. The third kappa shape index (κ3) is 9.14. The van der Waals surface area contributed by atoms with Gasteiger partial charge in [0.15, 0.2) is 0 Å². The van der Waals surface area contributed by atoms with Crippen LogP contribution in [-0.2, 0) is 38.8 Å². The molecule has 4 rings (SSSR count). The summed E-state index contributed by atoms with van der Waals surface area (Å²) in [4.78, 5) is 29.3. The summed E-state index contributed by atoms with van der Waals surface area (Å²) in [5.74, 6) is -1.26. The van der Waals surface area contributed by atoms with Crippen LogP contribution in [0.4, 0.5) is 18.9 Å². The second-order valence-corrected chi connectivity index (χ2v) is 13.6. The van der Waals surface area contributed by atoms with E-state index in [9.17, 15) is 31.2 Å². The summed E-state index contributed by atoms with van der Waals surface area (Å²) in [5, 5.41) is 2.24. The van der Waals surface area contributed by atoms with Crippen LogP contribution in [0.25, 0.3) is 0 Å². The molecular formula is C35H35ClF3N3O4S. The van der Waals surface area contributed by atoms with E-state index < -0.39 is 56.9 Å². The molecule has 0 aliphatic heterocycles. The smallest absolute Gasteiger partial charge is 0.352 e. The highest BCUT2D eigenvalue weighted by Gasteiger charge is 2.37. The molecule has 47 heavy (non-hydrogen) atoms.